The summed E-state index contributed by atoms with van der Waals surface area (Å²) in [7, 11) is 5.25. The Bertz CT molecular complexity index is 598. The Balaban J connectivity index is 0.00000242. The van der Waals surface area contributed by atoms with Crippen LogP contribution in [0.25, 0.3) is 5.69 Å². The number of rotatable bonds is 6. The van der Waals surface area contributed by atoms with Crippen molar-refractivity contribution in [1.29, 1.82) is 0 Å². The SMILES string of the molecule is CNCCN(C)C(=O)c1ccn(-c2ccc(OC)cc2)n1.Cl. The third-order valence-electron chi connectivity index (χ3n) is 3.19. The van der Waals surface area contributed by atoms with E-state index >= 15 is 0 Å². The van der Waals surface area contributed by atoms with Gasteiger partial charge in [0.05, 0.1) is 12.8 Å². The van der Waals surface area contributed by atoms with Crippen molar-refractivity contribution < 1.29 is 9.53 Å². The molecule has 7 heteroatoms. The van der Waals surface area contributed by atoms with E-state index in [1.54, 1.807) is 36.0 Å². The summed E-state index contributed by atoms with van der Waals surface area (Å²) in [6, 6.07) is 9.23. The molecule has 1 aromatic carbocycles. The van der Waals surface area contributed by atoms with Gasteiger partial charge < -0.3 is 15.0 Å². The first-order chi connectivity index (χ1) is 10.2. The normalized spacial score (nSPS) is 9.95. The molecule has 22 heavy (non-hydrogen) atoms. The molecule has 2 rings (SSSR count). The lowest BCUT2D eigenvalue weighted by atomic mass is 10.3. The molecule has 0 radical (unpaired) electrons. The summed E-state index contributed by atoms with van der Waals surface area (Å²) in [6.07, 6.45) is 1.78. The van der Waals surface area contributed by atoms with Crippen LogP contribution in [0, 0.1) is 0 Å². The number of hydrogen-bond donors (Lipinski definition) is 1. The minimum absolute atomic E-state index is 0. The molecule has 0 unspecified atom stereocenters. The maximum Gasteiger partial charge on any atom is 0.274 e. The Morgan fingerprint density at radius 3 is 2.59 bits per heavy atom. The van der Waals surface area contributed by atoms with Gasteiger partial charge in [-0.2, -0.15) is 5.10 Å². The average Bonchev–Trinajstić information content (AvgIpc) is 3.01. The Morgan fingerprint density at radius 2 is 2.00 bits per heavy atom. The predicted octanol–water partition coefficient (Wildman–Crippen LogP) is 1.59. The van der Waals surface area contributed by atoms with Crippen LogP contribution >= 0.6 is 12.4 Å². The summed E-state index contributed by atoms with van der Waals surface area (Å²) < 4.78 is 6.80. The van der Waals surface area contributed by atoms with Crippen LogP contribution in [0.4, 0.5) is 0 Å². The number of ether oxygens (including phenoxy) is 1. The van der Waals surface area contributed by atoms with E-state index in [4.69, 9.17) is 4.74 Å². The number of methoxy groups -OCH3 is 1. The number of benzene rings is 1. The van der Waals surface area contributed by atoms with Crippen molar-refractivity contribution in [1.82, 2.24) is 20.0 Å². The summed E-state index contributed by atoms with van der Waals surface area (Å²) in [5.74, 6) is 0.700. The highest BCUT2D eigenvalue weighted by atomic mass is 35.5. The molecule has 1 N–H and O–H groups in total. The highest BCUT2D eigenvalue weighted by Crippen LogP contribution is 2.14. The van der Waals surface area contributed by atoms with Crippen molar-refractivity contribution in [2.75, 3.05) is 34.3 Å². The smallest absolute Gasteiger partial charge is 0.274 e. The maximum atomic E-state index is 12.2. The van der Waals surface area contributed by atoms with Gasteiger partial charge in [-0.15, -0.1) is 12.4 Å². The van der Waals surface area contributed by atoms with Crippen LogP contribution in [0.3, 0.4) is 0 Å². The van der Waals surface area contributed by atoms with Crippen molar-refractivity contribution in [2.24, 2.45) is 0 Å². The molecule has 6 nitrogen and oxygen atoms in total. The molecule has 0 aliphatic rings. The topological polar surface area (TPSA) is 59.4 Å². The molecule has 1 amide bonds. The van der Waals surface area contributed by atoms with E-state index in [1.807, 2.05) is 31.3 Å². The number of nitrogens with zero attached hydrogens (tertiary/aromatic N) is 3. The number of likely N-dealkylation sites (N-methyl/N-ethyl adjacent to an activating group) is 2. The van der Waals surface area contributed by atoms with Crippen LogP contribution in [-0.2, 0) is 0 Å². The van der Waals surface area contributed by atoms with Gasteiger partial charge in [0.15, 0.2) is 5.69 Å². The quantitative estimate of drug-likeness (QED) is 0.876. The van der Waals surface area contributed by atoms with Gasteiger partial charge in [-0.3, -0.25) is 4.79 Å². The minimum Gasteiger partial charge on any atom is -0.497 e. The van der Waals surface area contributed by atoms with Gasteiger partial charge in [0.2, 0.25) is 0 Å². The van der Waals surface area contributed by atoms with E-state index in [-0.39, 0.29) is 18.3 Å². The van der Waals surface area contributed by atoms with Gasteiger partial charge in [-0.05, 0) is 37.4 Å². The summed E-state index contributed by atoms with van der Waals surface area (Å²) in [6.45, 7) is 1.39. The number of aromatic nitrogens is 2. The van der Waals surface area contributed by atoms with Crippen LogP contribution in [0.1, 0.15) is 10.5 Å². The van der Waals surface area contributed by atoms with E-state index in [0.717, 1.165) is 18.0 Å². The first-order valence-corrected chi connectivity index (χ1v) is 6.76. The second-order valence-corrected chi connectivity index (χ2v) is 4.67. The van der Waals surface area contributed by atoms with Crippen LogP contribution in [0.2, 0.25) is 0 Å². The molecule has 0 saturated carbocycles. The Kier molecular flexibility index (Phi) is 6.88. The molecule has 2 aromatic rings. The Morgan fingerprint density at radius 1 is 1.32 bits per heavy atom. The molecule has 0 spiro atoms. The first-order valence-electron chi connectivity index (χ1n) is 6.76. The lowest BCUT2D eigenvalue weighted by molar-refractivity contribution is 0.0790. The van der Waals surface area contributed by atoms with Crippen molar-refractivity contribution in [3.05, 3.63) is 42.2 Å². The van der Waals surface area contributed by atoms with Crippen LogP contribution < -0.4 is 10.1 Å². The molecule has 120 valence electrons. The van der Waals surface area contributed by atoms with Gasteiger partial charge in [-0.25, -0.2) is 4.68 Å². The van der Waals surface area contributed by atoms with E-state index in [9.17, 15) is 4.79 Å². The third kappa shape index (κ3) is 4.22. The lowest BCUT2D eigenvalue weighted by Gasteiger charge is -2.15. The number of hydrogen-bond acceptors (Lipinski definition) is 4. The highest BCUT2D eigenvalue weighted by molar-refractivity contribution is 5.92. The fourth-order valence-electron chi connectivity index (χ4n) is 1.89. The Hall–Kier alpha value is -2.05. The zero-order valence-corrected chi connectivity index (χ0v) is 13.8. The summed E-state index contributed by atoms with van der Waals surface area (Å²) in [5, 5.41) is 7.34. The van der Waals surface area contributed by atoms with E-state index in [2.05, 4.69) is 10.4 Å². The van der Waals surface area contributed by atoms with Gasteiger partial charge in [-0.1, -0.05) is 0 Å². The fourth-order valence-corrected chi connectivity index (χ4v) is 1.89. The largest absolute Gasteiger partial charge is 0.497 e. The number of halogens is 1. The molecule has 0 aliphatic carbocycles. The molecule has 0 atom stereocenters. The molecule has 0 fully saturated rings. The van der Waals surface area contributed by atoms with E-state index < -0.39 is 0 Å². The van der Waals surface area contributed by atoms with E-state index in [1.165, 1.54) is 0 Å². The van der Waals surface area contributed by atoms with Gasteiger partial charge in [0, 0.05) is 26.3 Å². The number of carbonyl (C=O) groups is 1. The predicted molar refractivity (Wildman–Crippen MR) is 88.3 cm³/mol. The van der Waals surface area contributed by atoms with E-state index in [0.29, 0.717) is 12.2 Å². The molecule has 1 heterocycles. The highest BCUT2D eigenvalue weighted by Gasteiger charge is 2.14. The molecular formula is C15H21ClN4O2. The Labute approximate surface area is 136 Å². The van der Waals surface area contributed by atoms with Crippen molar-refractivity contribution in [3.8, 4) is 11.4 Å². The van der Waals surface area contributed by atoms with Gasteiger partial charge in [0.25, 0.3) is 5.91 Å². The van der Waals surface area contributed by atoms with Gasteiger partial charge >= 0.3 is 0 Å². The molecular weight excluding hydrogens is 304 g/mol. The number of nitrogens with one attached hydrogen (secondary N) is 1. The molecule has 1 aromatic heterocycles. The number of carbonyl (C=O) groups excluding carboxylic acids is 1. The van der Waals surface area contributed by atoms with Crippen LogP contribution in [0.5, 0.6) is 5.75 Å². The van der Waals surface area contributed by atoms with Crippen molar-refractivity contribution in [3.63, 3.8) is 0 Å². The fraction of sp³-hybridized carbons (Fsp3) is 0.333. The number of amides is 1. The van der Waals surface area contributed by atoms with Gasteiger partial charge in [0.1, 0.15) is 5.75 Å². The second-order valence-electron chi connectivity index (χ2n) is 4.67. The van der Waals surface area contributed by atoms with Crippen molar-refractivity contribution in [2.45, 2.75) is 0 Å². The second kappa shape index (κ2) is 8.41. The monoisotopic (exact) mass is 324 g/mol. The minimum atomic E-state index is -0.0856. The van der Waals surface area contributed by atoms with Crippen LogP contribution in [0.15, 0.2) is 36.5 Å². The first kappa shape index (κ1) is 18.0. The molecule has 0 saturated heterocycles. The standard InChI is InChI=1S/C15H20N4O2.ClH/c1-16-9-11-18(2)15(20)14-8-10-19(17-14)12-4-6-13(21-3)7-5-12;/h4-8,10,16H,9,11H2,1-3H3;1H. The summed E-state index contributed by atoms with van der Waals surface area (Å²) in [5.41, 5.74) is 1.32. The zero-order valence-electron chi connectivity index (χ0n) is 12.9. The van der Waals surface area contributed by atoms with Crippen molar-refractivity contribution >= 4 is 18.3 Å². The molecule has 0 bridgehead atoms. The summed E-state index contributed by atoms with van der Waals surface area (Å²) in [4.78, 5) is 13.8. The average molecular weight is 325 g/mol. The molecule has 0 aliphatic heterocycles. The summed E-state index contributed by atoms with van der Waals surface area (Å²) >= 11 is 0. The zero-order chi connectivity index (χ0) is 15.2. The maximum absolute atomic E-state index is 12.2. The third-order valence-corrected chi connectivity index (χ3v) is 3.19. The lowest BCUT2D eigenvalue weighted by Crippen LogP contribution is -2.33. The van der Waals surface area contributed by atoms with Crippen LogP contribution in [-0.4, -0.2) is 54.9 Å².